The first-order valence-electron chi connectivity index (χ1n) is 7.85. The molecule has 1 N–H and O–H groups in total. The molecule has 1 aliphatic rings. The number of nitrogens with zero attached hydrogens (tertiary/aromatic N) is 3. The van der Waals surface area contributed by atoms with Gasteiger partial charge in [0.1, 0.15) is 5.56 Å². The molecule has 2 aromatic heterocycles. The van der Waals surface area contributed by atoms with Gasteiger partial charge >= 0.3 is 0 Å². The molecule has 5 heteroatoms. The zero-order chi connectivity index (χ0) is 16.0. The Morgan fingerprint density at radius 3 is 2.78 bits per heavy atom. The Labute approximate surface area is 134 Å². The van der Waals surface area contributed by atoms with Gasteiger partial charge in [0.15, 0.2) is 5.65 Å². The second kappa shape index (κ2) is 5.19. The highest BCUT2D eigenvalue weighted by Crippen LogP contribution is 2.24. The summed E-state index contributed by atoms with van der Waals surface area (Å²) in [5.41, 5.74) is 5.61. The molecule has 1 aromatic carbocycles. The number of carbonyl (C=O) groups excluding carboxylic acids is 1. The van der Waals surface area contributed by atoms with Gasteiger partial charge in [-0.25, -0.2) is 9.50 Å². The van der Waals surface area contributed by atoms with Crippen LogP contribution in [-0.4, -0.2) is 26.5 Å². The Hall–Kier alpha value is -2.69. The number of carbonyl (C=O) groups is 1. The molecule has 0 spiro atoms. The molecule has 4 rings (SSSR count). The third-order valence-electron chi connectivity index (χ3n) is 4.36. The standard InChI is InChI=1S/C18H18N4O/c1-11-3-4-13(9-12(11)2)16-7-8-19-17-15(10-20-22(16)17)18(23)21-14-5-6-14/h3-4,7-10,14H,5-6H2,1-2H3,(H,21,23). The van der Waals surface area contributed by atoms with Gasteiger partial charge in [-0.3, -0.25) is 4.79 Å². The highest BCUT2D eigenvalue weighted by molar-refractivity contribution is 6.00. The SMILES string of the molecule is Cc1ccc(-c2ccnc3c(C(=O)NC4CC4)cnn23)cc1C. The molecule has 0 atom stereocenters. The van der Waals surface area contributed by atoms with Crippen LogP contribution in [0.1, 0.15) is 34.3 Å². The van der Waals surface area contributed by atoms with E-state index in [-0.39, 0.29) is 5.91 Å². The van der Waals surface area contributed by atoms with Crippen LogP contribution in [0.15, 0.2) is 36.7 Å². The fourth-order valence-electron chi connectivity index (χ4n) is 2.66. The summed E-state index contributed by atoms with van der Waals surface area (Å²) < 4.78 is 1.74. The van der Waals surface area contributed by atoms with Crippen molar-refractivity contribution in [1.29, 1.82) is 0 Å². The van der Waals surface area contributed by atoms with Crippen molar-refractivity contribution in [2.45, 2.75) is 32.7 Å². The molecule has 5 nitrogen and oxygen atoms in total. The largest absolute Gasteiger partial charge is 0.349 e. The average molecular weight is 306 g/mol. The van der Waals surface area contributed by atoms with Crippen LogP contribution in [0.25, 0.3) is 16.9 Å². The lowest BCUT2D eigenvalue weighted by Gasteiger charge is -2.08. The maximum absolute atomic E-state index is 12.3. The number of nitrogens with one attached hydrogen (secondary N) is 1. The van der Waals surface area contributed by atoms with E-state index in [4.69, 9.17) is 0 Å². The van der Waals surface area contributed by atoms with Crippen molar-refractivity contribution in [2.75, 3.05) is 0 Å². The Balaban J connectivity index is 1.80. The van der Waals surface area contributed by atoms with Crippen molar-refractivity contribution in [2.24, 2.45) is 0 Å². The van der Waals surface area contributed by atoms with E-state index in [9.17, 15) is 4.79 Å². The lowest BCUT2D eigenvalue weighted by Crippen LogP contribution is -2.25. The molecule has 0 unspecified atom stereocenters. The second-order valence-corrected chi connectivity index (χ2v) is 6.17. The van der Waals surface area contributed by atoms with Crippen LogP contribution < -0.4 is 5.32 Å². The normalized spacial score (nSPS) is 14.2. The topological polar surface area (TPSA) is 59.3 Å². The van der Waals surface area contributed by atoms with Gasteiger partial charge in [-0.05, 0) is 49.9 Å². The number of aromatic nitrogens is 3. The van der Waals surface area contributed by atoms with E-state index in [2.05, 4.69) is 47.4 Å². The summed E-state index contributed by atoms with van der Waals surface area (Å²) in [7, 11) is 0. The molecule has 0 radical (unpaired) electrons. The first-order valence-corrected chi connectivity index (χ1v) is 7.85. The molecule has 116 valence electrons. The summed E-state index contributed by atoms with van der Waals surface area (Å²) in [6.07, 6.45) is 5.46. The van der Waals surface area contributed by atoms with E-state index >= 15 is 0 Å². The molecule has 0 bridgehead atoms. The molecule has 0 aliphatic heterocycles. The van der Waals surface area contributed by atoms with Gasteiger partial charge in [-0.1, -0.05) is 12.1 Å². The number of aryl methyl sites for hydroxylation is 2. The van der Waals surface area contributed by atoms with Crippen molar-refractivity contribution in [3.63, 3.8) is 0 Å². The van der Waals surface area contributed by atoms with E-state index in [1.54, 1.807) is 16.9 Å². The predicted octanol–water partition coefficient (Wildman–Crippen LogP) is 2.91. The maximum Gasteiger partial charge on any atom is 0.256 e. The minimum Gasteiger partial charge on any atom is -0.349 e. The lowest BCUT2D eigenvalue weighted by atomic mass is 10.0. The maximum atomic E-state index is 12.3. The predicted molar refractivity (Wildman–Crippen MR) is 88.4 cm³/mol. The Morgan fingerprint density at radius 1 is 1.22 bits per heavy atom. The van der Waals surface area contributed by atoms with Crippen LogP contribution >= 0.6 is 0 Å². The van der Waals surface area contributed by atoms with Gasteiger partial charge in [0.05, 0.1) is 11.9 Å². The van der Waals surface area contributed by atoms with E-state index < -0.39 is 0 Å². The fourth-order valence-corrected chi connectivity index (χ4v) is 2.66. The van der Waals surface area contributed by atoms with Crippen LogP contribution in [0.4, 0.5) is 0 Å². The van der Waals surface area contributed by atoms with Crippen molar-refractivity contribution in [3.8, 4) is 11.3 Å². The Bertz CT molecular complexity index is 909. The lowest BCUT2D eigenvalue weighted by molar-refractivity contribution is 0.0952. The number of fused-ring (bicyclic) bond motifs is 1. The Kier molecular flexibility index (Phi) is 3.15. The molecule has 23 heavy (non-hydrogen) atoms. The summed E-state index contributed by atoms with van der Waals surface area (Å²) in [4.78, 5) is 16.7. The van der Waals surface area contributed by atoms with E-state index in [0.717, 1.165) is 24.1 Å². The van der Waals surface area contributed by atoms with Crippen LogP contribution in [0.3, 0.4) is 0 Å². The summed E-state index contributed by atoms with van der Waals surface area (Å²) in [5.74, 6) is -0.0905. The molecule has 1 fully saturated rings. The minimum absolute atomic E-state index is 0.0905. The summed E-state index contributed by atoms with van der Waals surface area (Å²) >= 11 is 0. The molecular weight excluding hydrogens is 288 g/mol. The number of benzene rings is 1. The van der Waals surface area contributed by atoms with Gasteiger partial charge in [-0.15, -0.1) is 0 Å². The molecule has 1 saturated carbocycles. The first-order chi connectivity index (χ1) is 11.1. The quantitative estimate of drug-likeness (QED) is 0.809. The van der Waals surface area contributed by atoms with Crippen molar-refractivity contribution in [1.82, 2.24) is 19.9 Å². The van der Waals surface area contributed by atoms with Gasteiger partial charge in [0.2, 0.25) is 0 Å². The average Bonchev–Trinajstić information content (AvgIpc) is 3.24. The van der Waals surface area contributed by atoms with Crippen molar-refractivity contribution in [3.05, 3.63) is 53.3 Å². The van der Waals surface area contributed by atoms with Crippen LogP contribution in [-0.2, 0) is 0 Å². The first kappa shape index (κ1) is 13.9. The summed E-state index contributed by atoms with van der Waals surface area (Å²) in [6, 6.07) is 8.55. The monoisotopic (exact) mass is 306 g/mol. The highest BCUT2D eigenvalue weighted by atomic mass is 16.1. The number of rotatable bonds is 3. The summed E-state index contributed by atoms with van der Waals surface area (Å²) in [5, 5.41) is 7.38. The van der Waals surface area contributed by atoms with Crippen LogP contribution in [0, 0.1) is 13.8 Å². The molecule has 3 aromatic rings. The Morgan fingerprint density at radius 2 is 2.04 bits per heavy atom. The highest BCUT2D eigenvalue weighted by Gasteiger charge is 2.25. The number of hydrogen-bond acceptors (Lipinski definition) is 3. The zero-order valence-electron chi connectivity index (χ0n) is 13.2. The van der Waals surface area contributed by atoms with Gasteiger partial charge < -0.3 is 5.32 Å². The molecule has 1 aliphatic carbocycles. The van der Waals surface area contributed by atoms with Gasteiger partial charge in [-0.2, -0.15) is 5.10 Å². The summed E-state index contributed by atoms with van der Waals surface area (Å²) in [6.45, 7) is 4.18. The smallest absolute Gasteiger partial charge is 0.256 e. The second-order valence-electron chi connectivity index (χ2n) is 6.17. The van der Waals surface area contributed by atoms with Gasteiger partial charge in [0, 0.05) is 17.8 Å². The third-order valence-corrected chi connectivity index (χ3v) is 4.36. The van der Waals surface area contributed by atoms with Crippen LogP contribution in [0.5, 0.6) is 0 Å². The number of amides is 1. The van der Waals surface area contributed by atoms with E-state index in [0.29, 0.717) is 17.3 Å². The van der Waals surface area contributed by atoms with Crippen molar-refractivity contribution >= 4 is 11.6 Å². The van der Waals surface area contributed by atoms with E-state index in [1.165, 1.54) is 11.1 Å². The molecule has 2 heterocycles. The fraction of sp³-hybridized carbons (Fsp3) is 0.278. The minimum atomic E-state index is -0.0905. The van der Waals surface area contributed by atoms with Crippen LogP contribution in [0.2, 0.25) is 0 Å². The van der Waals surface area contributed by atoms with Crippen molar-refractivity contribution < 1.29 is 4.79 Å². The molecule has 1 amide bonds. The molecular formula is C18H18N4O. The zero-order valence-corrected chi connectivity index (χ0v) is 13.2. The third kappa shape index (κ3) is 2.48. The van der Waals surface area contributed by atoms with Gasteiger partial charge in [0.25, 0.3) is 5.91 Å². The van der Waals surface area contributed by atoms with E-state index in [1.807, 2.05) is 6.07 Å². The number of hydrogen-bond donors (Lipinski definition) is 1. The molecule has 0 saturated heterocycles.